The van der Waals surface area contributed by atoms with Crippen LogP contribution in [0.4, 0.5) is 0 Å². The number of benzene rings is 1. The van der Waals surface area contributed by atoms with E-state index < -0.39 is 10.1 Å². The van der Waals surface area contributed by atoms with Crippen molar-refractivity contribution < 1.29 is 29.7 Å². The van der Waals surface area contributed by atoms with E-state index in [2.05, 4.69) is 0 Å². The maximum Gasteiger partial charge on any atom is 0.294 e. The summed E-state index contributed by atoms with van der Waals surface area (Å²) >= 11 is 0. The molecule has 1 radical (unpaired) electrons. The van der Waals surface area contributed by atoms with Gasteiger partial charge >= 0.3 is 0 Å². The summed E-state index contributed by atoms with van der Waals surface area (Å²) in [4.78, 5) is -0.0579. The Labute approximate surface area is 81.7 Å². The van der Waals surface area contributed by atoms with Crippen molar-refractivity contribution in [3.05, 3.63) is 29.8 Å². The fourth-order valence-corrected chi connectivity index (χ4v) is 1.36. The molecule has 0 saturated heterocycles. The van der Waals surface area contributed by atoms with Crippen molar-refractivity contribution in [1.82, 2.24) is 0 Å². The maximum absolute atomic E-state index is 10.5. The minimum absolute atomic E-state index is 0. The van der Waals surface area contributed by atoms with Crippen LogP contribution in [0.3, 0.4) is 0 Å². The molecule has 1 aromatic carbocycles. The summed E-state index contributed by atoms with van der Waals surface area (Å²) in [5, 5.41) is 0. The van der Waals surface area contributed by atoms with Crippen LogP contribution in [0, 0.1) is 6.92 Å². The van der Waals surface area contributed by atoms with Gasteiger partial charge in [-0.2, -0.15) is 8.42 Å². The number of aryl methyl sites for hydroxylation is 1. The standard InChI is InChI=1S/C7H8O3S.Co/c1-6-3-2-4-7(5-6)11(8,9)10;/h2-5H,1H3,(H,8,9,10);. The van der Waals surface area contributed by atoms with Crippen molar-refractivity contribution in [1.29, 1.82) is 0 Å². The molecular weight excluding hydrogens is 223 g/mol. The molecule has 0 fully saturated rings. The average Bonchev–Trinajstić information content (AvgIpc) is 1.86. The Bertz CT molecular complexity index is 359. The van der Waals surface area contributed by atoms with Crippen LogP contribution in [-0.4, -0.2) is 13.0 Å². The Morgan fingerprint density at radius 2 is 1.92 bits per heavy atom. The minimum atomic E-state index is -4.03. The topological polar surface area (TPSA) is 54.4 Å². The van der Waals surface area contributed by atoms with Gasteiger partial charge in [0.1, 0.15) is 0 Å². The van der Waals surface area contributed by atoms with Gasteiger partial charge in [0.15, 0.2) is 0 Å². The summed E-state index contributed by atoms with van der Waals surface area (Å²) < 4.78 is 29.7. The molecular formula is C7H8CoO3S. The van der Waals surface area contributed by atoms with Gasteiger partial charge in [0.05, 0.1) is 4.90 Å². The maximum atomic E-state index is 10.5. The number of rotatable bonds is 1. The average molecular weight is 231 g/mol. The van der Waals surface area contributed by atoms with Crippen LogP contribution in [0.2, 0.25) is 0 Å². The molecule has 5 heteroatoms. The van der Waals surface area contributed by atoms with Crippen molar-refractivity contribution in [2.24, 2.45) is 0 Å². The van der Waals surface area contributed by atoms with Crippen LogP contribution in [0.15, 0.2) is 29.2 Å². The van der Waals surface area contributed by atoms with Gasteiger partial charge in [-0.05, 0) is 24.6 Å². The molecule has 3 nitrogen and oxygen atoms in total. The van der Waals surface area contributed by atoms with E-state index in [0.717, 1.165) is 5.56 Å². The fourth-order valence-electron chi connectivity index (χ4n) is 0.776. The predicted octanol–water partition coefficient (Wildman–Crippen LogP) is 1.24. The van der Waals surface area contributed by atoms with Crippen LogP contribution in [0.25, 0.3) is 0 Å². The van der Waals surface area contributed by atoms with Crippen LogP contribution in [0.5, 0.6) is 0 Å². The molecule has 0 aliphatic heterocycles. The predicted molar refractivity (Wildman–Crippen MR) is 41.0 cm³/mol. The van der Waals surface area contributed by atoms with E-state index in [1.165, 1.54) is 12.1 Å². The summed E-state index contributed by atoms with van der Waals surface area (Å²) in [7, 11) is -4.03. The zero-order valence-corrected chi connectivity index (χ0v) is 8.17. The molecule has 1 rings (SSSR count). The molecule has 0 aliphatic carbocycles. The van der Waals surface area contributed by atoms with E-state index in [-0.39, 0.29) is 21.7 Å². The molecule has 0 amide bonds. The Morgan fingerprint density at radius 1 is 1.33 bits per heavy atom. The summed E-state index contributed by atoms with van der Waals surface area (Å²) in [6.45, 7) is 1.76. The molecule has 0 bridgehead atoms. The molecule has 0 saturated carbocycles. The van der Waals surface area contributed by atoms with E-state index in [9.17, 15) is 8.42 Å². The first kappa shape index (κ1) is 11.6. The summed E-state index contributed by atoms with van der Waals surface area (Å²) in [5.74, 6) is 0. The Kier molecular flexibility index (Phi) is 3.92. The Morgan fingerprint density at radius 3 is 2.25 bits per heavy atom. The molecule has 12 heavy (non-hydrogen) atoms. The van der Waals surface area contributed by atoms with Crippen molar-refractivity contribution >= 4 is 10.1 Å². The van der Waals surface area contributed by atoms with Gasteiger partial charge in [0.25, 0.3) is 10.1 Å². The van der Waals surface area contributed by atoms with Crippen LogP contribution >= 0.6 is 0 Å². The normalized spacial score (nSPS) is 10.5. The van der Waals surface area contributed by atoms with Gasteiger partial charge < -0.3 is 0 Å². The summed E-state index contributed by atoms with van der Waals surface area (Å²) in [6.07, 6.45) is 0. The smallest absolute Gasteiger partial charge is 0.282 e. The van der Waals surface area contributed by atoms with E-state index in [0.29, 0.717) is 0 Å². The quantitative estimate of drug-likeness (QED) is 0.740. The second-order valence-electron chi connectivity index (χ2n) is 2.29. The second-order valence-corrected chi connectivity index (χ2v) is 3.71. The zero-order chi connectivity index (χ0) is 8.48. The van der Waals surface area contributed by atoms with Crippen molar-refractivity contribution in [2.45, 2.75) is 11.8 Å². The summed E-state index contributed by atoms with van der Waals surface area (Å²) in [6, 6.07) is 6.10. The van der Waals surface area contributed by atoms with E-state index in [1.807, 2.05) is 0 Å². The van der Waals surface area contributed by atoms with Gasteiger partial charge in [-0.1, -0.05) is 12.1 Å². The van der Waals surface area contributed by atoms with Crippen molar-refractivity contribution in [3.8, 4) is 0 Å². The van der Waals surface area contributed by atoms with E-state index in [4.69, 9.17) is 4.55 Å². The van der Waals surface area contributed by atoms with Gasteiger partial charge in [-0.15, -0.1) is 0 Å². The summed E-state index contributed by atoms with van der Waals surface area (Å²) in [5.41, 5.74) is 0.806. The van der Waals surface area contributed by atoms with E-state index >= 15 is 0 Å². The van der Waals surface area contributed by atoms with Crippen LogP contribution < -0.4 is 0 Å². The first-order valence-electron chi connectivity index (χ1n) is 3.04. The second kappa shape index (κ2) is 4.04. The molecule has 1 aromatic rings. The molecule has 1 N–H and O–H groups in total. The SMILES string of the molecule is Cc1cccc(S(=O)(=O)O)c1.[Co]. The molecule has 0 aliphatic rings. The number of hydrogen-bond donors (Lipinski definition) is 1. The van der Waals surface area contributed by atoms with Crippen LogP contribution in [0.1, 0.15) is 5.56 Å². The molecule has 0 heterocycles. The van der Waals surface area contributed by atoms with Crippen LogP contribution in [-0.2, 0) is 26.9 Å². The molecule has 69 valence electrons. The molecule has 0 spiro atoms. The molecule has 0 aromatic heterocycles. The van der Waals surface area contributed by atoms with Gasteiger partial charge in [-0.3, -0.25) is 4.55 Å². The van der Waals surface area contributed by atoms with Gasteiger partial charge in [0, 0.05) is 16.8 Å². The zero-order valence-electron chi connectivity index (χ0n) is 6.31. The molecule has 0 atom stereocenters. The van der Waals surface area contributed by atoms with Gasteiger partial charge in [0.2, 0.25) is 0 Å². The first-order chi connectivity index (χ1) is 5.00. The Balaban J connectivity index is 0.00000121. The third kappa shape index (κ3) is 2.94. The first-order valence-corrected chi connectivity index (χ1v) is 4.48. The van der Waals surface area contributed by atoms with Crippen molar-refractivity contribution in [3.63, 3.8) is 0 Å². The largest absolute Gasteiger partial charge is 0.294 e. The fraction of sp³-hybridized carbons (Fsp3) is 0.143. The molecule has 0 unspecified atom stereocenters. The Hall–Kier alpha value is -0.364. The third-order valence-electron chi connectivity index (χ3n) is 1.29. The third-order valence-corrected chi connectivity index (χ3v) is 2.14. The van der Waals surface area contributed by atoms with Crippen molar-refractivity contribution in [2.75, 3.05) is 0 Å². The monoisotopic (exact) mass is 231 g/mol. The van der Waals surface area contributed by atoms with Gasteiger partial charge in [-0.25, -0.2) is 0 Å². The number of hydrogen-bond acceptors (Lipinski definition) is 2. The minimum Gasteiger partial charge on any atom is -0.282 e. The van der Waals surface area contributed by atoms with E-state index in [1.54, 1.807) is 19.1 Å².